The van der Waals surface area contributed by atoms with Crippen LogP contribution in [-0.2, 0) is 23.8 Å². The molecule has 0 radical (unpaired) electrons. The van der Waals surface area contributed by atoms with Crippen molar-refractivity contribution in [2.24, 2.45) is 0 Å². The maximum Gasteiger partial charge on any atom is 0.530 e. The number of phosphoric acid groups is 1. The lowest BCUT2D eigenvalue weighted by Gasteiger charge is -2.43. The molecule has 55 heavy (non-hydrogen) atoms. The van der Waals surface area contributed by atoms with E-state index in [1.807, 2.05) is 60.7 Å². The SMILES string of the molecule is COc1ccc(C(c2ccccc2)(c2ccc(OC)cc2)C(O)[C@H]2O[C@@H](n3cc(C)c(=O)[nH]c3=O)C[C@@H]2OP(=O)(OCCC#N)Oc2ccc(Cl)cc2)cc1. The van der Waals surface area contributed by atoms with Gasteiger partial charge in [-0.05, 0) is 72.1 Å². The maximum atomic E-state index is 14.6. The molecule has 2 N–H and O–H groups in total. The average Bonchev–Trinajstić information content (AvgIpc) is 3.61. The Labute approximate surface area is 322 Å². The van der Waals surface area contributed by atoms with Crippen LogP contribution in [0.4, 0.5) is 0 Å². The van der Waals surface area contributed by atoms with Crippen molar-refractivity contribution in [3.8, 4) is 23.3 Å². The van der Waals surface area contributed by atoms with E-state index < -0.39 is 49.0 Å². The van der Waals surface area contributed by atoms with Crippen LogP contribution in [0.15, 0.2) is 119 Å². The molecule has 13 nitrogen and oxygen atoms in total. The van der Waals surface area contributed by atoms with Crippen LogP contribution >= 0.6 is 19.4 Å². The Bertz CT molecular complexity index is 2230. The van der Waals surface area contributed by atoms with Crippen molar-refractivity contribution in [1.29, 1.82) is 5.26 Å². The van der Waals surface area contributed by atoms with Crippen LogP contribution in [0.2, 0.25) is 5.02 Å². The quantitative estimate of drug-likeness (QED) is 0.0657. The number of methoxy groups -OCH3 is 2. The van der Waals surface area contributed by atoms with Crippen molar-refractivity contribution in [2.75, 3.05) is 20.8 Å². The Balaban J connectivity index is 1.54. The zero-order valence-electron chi connectivity index (χ0n) is 30.2. The van der Waals surface area contributed by atoms with E-state index in [4.69, 9.17) is 39.4 Å². The van der Waals surface area contributed by atoms with Gasteiger partial charge in [-0.15, -0.1) is 0 Å². The van der Waals surface area contributed by atoms with Gasteiger partial charge >= 0.3 is 13.5 Å². The standard InChI is InChI=1S/C40H39ClN3O10P/c1-26-25-44(39(47)43-38(26)46)35-24-34(54-55(48,51-23-7-22-42)53-33-20-14-30(41)15-21-33)36(52-35)37(45)40(27-8-5-4-6-9-27,28-10-16-31(49-2)17-11-28)29-12-18-32(50-3)19-13-29/h4-6,8-21,25,34-37,45H,7,23-24H2,1-3H3,(H,43,46,47)/t34-,35+,36-,37?,55?/m0/s1. The molecule has 0 spiro atoms. The molecule has 0 bridgehead atoms. The van der Waals surface area contributed by atoms with Gasteiger partial charge < -0.3 is 23.8 Å². The predicted octanol–water partition coefficient (Wildman–Crippen LogP) is 6.70. The molecule has 1 aliphatic rings. The molecule has 1 saturated heterocycles. The van der Waals surface area contributed by atoms with Crippen molar-refractivity contribution >= 4 is 19.4 Å². The van der Waals surface area contributed by atoms with Crippen molar-refractivity contribution in [3.63, 3.8) is 0 Å². The lowest BCUT2D eigenvalue weighted by molar-refractivity contribution is -0.0968. The molecule has 0 amide bonds. The number of halogens is 1. The van der Waals surface area contributed by atoms with Gasteiger partial charge in [0.05, 0.1) is 38.7 Å². The molecule has 2 heterocycles. The smallest absolute Gasteiger partial charge is 0.497 e. The summed E-state index contributed by atoms with van der Waals surface area (Å²) in [6.45, 7) is 1.23. The number of aromatic nitrogens is 2. The van der Waals surface area contributed by atoms with E-state index in [1.165, 1.54) is 42.0 Å². The second kappa shape index (κ2) is 17.1. The number of nitrogens with one attached hydrogen (secondary N) is 1. The number of hydrogen-bond donors (Lipinski definition) is 2. The highest BCUT2D eigenvalue weighted by molar-refractivity contribution is 7.49. The van der Waals surface area contributed by atoms with Gasteiger partial charge in [-0.2, -0.15) is 5.26 Å². The van der Waals surface area contributed by atoms with E-state index in [2.05, 4.69) is 4.98 Å². The van der Waals surface area contributed by atoms with E-state index in [-0.39, 0.29) is 30.8 Å². The fraction of sp³-hybridized carbons (Fsp3) is 0.275. The third-order valence-corrected chi connectivity index (χ3v) is 11.1. The van der Waals surface area contributed by atoms with Gasteiger partial charge in [-0.1, -0.05) is 66.2 Å². The van der Waals surface area contributed by atoms with E-state index >= 15 is 0 Å². The predicted molar refractivity (Wildman–Crippen MR) is 204 cm³/mol. The summed E-state index contributed by atoms with van der Waals surface area (Å²) in [5, 5.41) is 22.8. The van der Waals surface area contributed by atoms with E-state index in [1.54, 1.807) is 38.5 Å². The number of benzene rings is 4. The van der Waals surface area contributed by atoms with Gasteiger partial charge in [-0.3, -0.25) is 23.4 Å². The molecule has 1 aliphatic heterocycles. The van der Waals surface area contributed by atoms with Crippen LogP contribution in [-0.4, -0.2) is 53.8 Å². The van der Waals surface area contributed by atoms with Gasteiger partial charge in [0.25, 0.3) is 5.56 Å². The minimum absolute atomic E-state index is 0.0971. The van der Waals surface area contributed by atoms with Gasteiger partial charge in [0.2, 0.25) is 0 Å². The molecule has 286 valence electrons. The van der Waals surface area contributed by atoms with Crippen LogP contribution in [0, 0.1) is 18.3 Å². The van der Waals surface area contributed by atoms with Crippen LogP contribution in [0.5, 0.6) is 17.2 Å². The van der Waals surface area contributed by atoms with Gasteiger partial charge in [0, 0.05) is 23.2 Å². The van der Waals surface area contributed by atoms with Crippen molar-refractivity contribution in [2.45, 2.75) is 49.7 Å². The number of aliphatic hydroxyl groups excluding tert-OH is 1. The Morgan fingerprint density at radius 2 is 1.49 bits per heavy atom. The van der Waals surface area contributed by atoms with E-state index in [9.17, 15) is 24.5 Å². The van der Waals surface area contributed by atoms with Crippen LogP contribution < -0.4 is 25.2 Å². The largest absolute Gasteiger partial charge is 0.530 e. The fourth-order valence-electron chi connectivity index (χ4n) is 6.76. The van der Waals surface area contributed by atoms with Crippen LogP contribution in [0.1, 0.15) is 41.3 Å². The Morgan fingerprint density at radius 1 is 0.927 bits per heavy atom. The second-order valence-electron chi connectivity index (χ2n) is 12.7. The molecule has 2 unspecified atom stereocenters. The summed E-state index contributed by atoms with van der Waals surface area (Å²) < 4.78 is 51.1. The Hall–Kier alpha value is -5.19. The highest BCUT2D eigenvalue weighted by atomic mass is 35.5. The summed E-state index contributed by atoms with van der Waals surface area (Å²) in [5.41, 5.74) is -0.604. The number of phosphoric ester groups is 1. The summed E-state index contributed by atoms with van der Waals surface area (Å²) in [7, 11) is -1.51. The average molecular weight is 788 g/mol. The normalized spacial score (nSPS) is 18.5. The first-order chi connectivity index (χ1) is 26.5. The van der Waals surface area contributed by atoms with E-state index in [0.717, 1.165) is 0 Å². The van der Waals surface area contributed by atoms with Gasteiger partial charge in [0.1, 0.15) is 41.8 Å². The third kappa shape index (κ3) is 8.40. The Morgan fingerprint density at radius 3 is 2.05 bits per heavy atom. The molecule has 15 heteroatoms. The maximum absolute atomic E-state index is 14.6. The molecule has 1 aromatic heterocycles. The molecule has 4 aromatic carbocycles. The first-order valence-electron chi connectivity index (χ1n) is 17.3. The molecule has 0 aliphatic carbocycles. The molecule has 0 saturated carbocycles. The lowest BCUT2D eigenvalue weighted by Crippen LogP contribution is -2.52. The number of hydrogen-bond acceptors (Lipinski definition) is 11. The fourth-order valence-corrected chi connectivity index (χ4v) is 8.27. The second-order valence-corrected chi connectivity index (χ2v) is 14.7. The number of rotatable bonds is 15. The molecule has 5 aromatic rings. The Kier molecular flexibility index (Phi) is 12.3. The summed E-state index contributed by atoms with van der Waals surface area (Å²) >= 11 is 6.08. The van der Waals surface area contributed by atoms with Crippen molar-refractivity contribution in [1.82, 2.24) is 9.55 Å². The zero-order valence-corrected chi connectivity index (χ0v) is 31.8. The number of aromatic amines is 1. The summed E-state index contributed by atoms with van der Waals surface area (Å²) in [4.78, 5) is 27.9. The number of H-pyrrole nitrogens is 1. The first-order valence-corrected chi connectivity index (χ1v) is 19.1. The van der Waals surface area contributed by atoms with Crippen LogP contribution in [0.3, 0.4) is 0 Å². The van der Waals surface area contributed by atoms with E-state index in [0.29, 0.717) is 33.2 Å². The topological polar surface area (TPSA) is 171 Å². The molecular weight excluding hydrogens is 749 g/mol. The third-order valence-electron chi connectivity index (χ3n) is 9.40. The number of nitrogens with zero attached hydrogens (tertiary/aromatic N) is 2. The van der Waals surface area contributed by atoms with Gasteiger partial charge in [0.15, 0.2) is 0 Å². The minimum Gasteiger partial charge on any atom is -0.497 e. The van der Waals surface area contributed by atoms with Crippen LogP contribution in [0.25, 0.3) is 0 Å². The summed E-state index contributed by atoms with van der Waals surface area (Å²) in [5.74, 6) is 1.26. The lowest BCUT2D eigenvalue weighted by atomic mass is 9.64. The number of nitriles is 1. The highest BCUT2D eigenvalue weighted by Crippen LogP contribution is 2.55. The molecule has 1 fully saturated rings. The van der Waals surface area contributed by atoms with Gasteiger partial charge in [-0.25, -0.2) is 9.36 Å². The highest BCUT2D eigenvalue weighted by Gasteiger charge is 2.55. The zero-order chi connectivity index (χ0) is 39.2. The van der Waals surface area contributed by atoms with Crippen molar-refractivity contribution in [3.05, 3.63) is 157 Å². The number of aliphatic hydroxyl groups is 1. The summed E-state index contributed by atoms with van der Waals surface area (Å²) in [6, 6.07) is 31.6. The first kappa shape index (κ1) is 39.5. The minimum atomic E-state index is -4.61. The molecule has 6 rings (SSSR count). The summed E-state index contributed by atoms with van der Waals surface area (Å²) in [6.07, 6.45) is -4.24. The number of ether oxygens (including phenoxy) is 3. The molecule has 5 atom stereocenters. The monoisotopic (exact) mass is 787 g/mol. The molecular formula is C40H39ClN3O10P. The van der Waals surface area contributed by atoms with Crippen molar-refractivity contribution < 1.29 is 37.5 Å². The number of aryl methyl sites for hydroxylation is 1.